The van der Waals surface area contributed by atoms with Crippen LogP contribution in [-0.4, -0.2) is 51.5 Å². The minimum Gasteiger partial charge on any atom is -0.481 e. The molecule has 6 N–H and O–H groups in total. The number of aliphatic carboxylic acids is 2. The third-order valence-corrected chi connectivity index (χ3v) is 3.03. The Bertz CT molecular complexity index is 297. The lowest BCUT2D eigenvalue weighted by Gasteiger charge is -2.09. The van der Waals surface area contributed by atoms with Gasteiger partial charge in [0.25, 0.3) is 0 Å². The first-order chi connectivity index (χ1) is 7.84. The maximum atomic E-state index is 11.4. The van der Waals surface area contributed by atoms with E-state index < -0.39 is 24.0 Å². The van der Waals surface area contributed by atoms with Crippen LogP contribution in [0.1, 0.15) is 12.8 Å². The predicted octanol–water partition coefficient (Wildman–Crippen LogP) is -1.11. The van der Waals surface area contributed by atoms with E-state index in [1.807, 2.05) is 0 Å². The predicted molar refractivity (Wildman–Crippen MR) is 62.8 cm³/mol. The second-order valence-corrected chi connectivity index (χ2v) is 4.50. The summed E-state index contributed by atoms with van der Waals surface area (Å²) in [6.07, 6.45) is -0.0775. The molecule has 2 unspecified atom stereocenters. The first-order valence-corrected chi connectivity index (χ1v) is 6.06. The molecule has 0 bridgehead atoms. The van der Waals surface area contributed by atoms with Gasteiger partial charge in [0.15, 0.2) is 5.78 Å². The topological polar surface area (TPSA) is 144 Å². The minimum atomic E-state index is -1.12. The van der Waals surface area contributed by atoms with Crippen molar-refractivity contribution in [1.29, 1.82) is 0 Å². The molecular weight excluding hydrogens is 248 g/mol. The maximum Gasteiger partial charge on any atom is 0.321 e. The highest BCUT2D eigenvalue weighted by atomic mass is 32.2. The molecule has 0 heterocycles. The molecule has 0 aromatic heterocycles. The van der Waals surface area contributed by atoms with Gasteiger partial charge in [-0.25, -0.2) is 0 Å². The van der Waals surface area contributed by atoms with Gasteiger partial charge in [-0.05, 0) is 6.42 Å². The highest BCUT2D eigenvalue weighted by molar-refractivity contribution is 8.00. The molecule has 0 saturated carbocycles. The lowest BCUT2D eigenvalue weighted by molar-refractivity contribution is -0.138. The fourth-order valence-corrected chi connectivity index (χ4v) is 1.83. The molecular formula is C9H16N2O5S. The third-order valence-electron chi connectivity index (χ3n) is 1.94. The van der Waals surface area contributed by atoms with E-state index in [-0.39, 0.29) is 30.1 Å². The number of carbonyl (C=O) groups is 3. The van der Waals surface area contributed by atoms with Crippen molar-refractivity contribution in [3.8, 4) is 0 Å². The van der Waals surface area contributed by atoms with Gasteiger partial charge in [-0.15, -0.1) is 0 Å². The summed E-state index contributed by atoms with van der Waals surface area (Å²) in [7, 11) is 0. The van der Waals surface area contributed by atoms with Crippen molar-refractivity contribution < 1.29 is 24.6 Å². The van der Waals surface area contributed by atoms with E-state index >= 15 is 0 Å². The van der Waals surface area contributed by atoms with E-state index in [1.165, 1.54) is 0 Å². The maximum absolute atomic E-state index is 11.4. The third kappa shape index (κ3) is 7.72. The second-order valence-electron chi connectivity index (χ2n) is 3.47. The molecule has 8 heteroatoms. The van der Waals surface area contributed by atoms with E-state index in [2.05, 4.69) is 0 Å². The summed E-state index contributed by atoms with van der Waals surface area (Å²) in [5.74, 6) is -2.27. The average molecular weight is 264 g/mol. The zero-order chi connectivity index (χ0) is 13.4. The van der Waals surface area contributed by atoms with Crippen molar-refractivity contribution in [3.05, 3.63) is 0 Å². The number of ketones is 1. The highest BCUT2D eigenvalue weighted by Gasteiger charge is 2.17. The van der Waals surface area contributed by atoms with Gasteiger partial charge in [-0.3, -0.25) is 14.4 Å². The summed E-state index contributed by atoms with van der Waals surface area (Å²) in [4.78, 5) is 32.0. The molecule has 0 aromatic rings. The summed E-state index contributed by atoms with van der Waals surface area (Å²) in [6.45, 7) is 0. The first kappa shape index (κ1) is 15.9. The van der Waals surface area contributed by atoms with Crippen molar-refractivity contribution in [2.45, 2.75) is 24.9 Å². The van der Waals surface area contributed by atoms with Crippen LogP contribution in [0.4, 0.5) is 0 Å². The SMILES string of the molecule is NC(CSCC(=O)C(N)CCC(=O)O)C(=O)O. The van der Waals surface area contributed by atoms with Crippen molar-refractivity contribution in [1.82, 2.24) is 0 Å². The molecule has 0 fully saturated rings. The fourth-order valence-electron chi connectivity index (χ4n) is 0.905. The molecule has 17 heavy (non-hydrogen) atoms. The van der Waals surface area contributed by atoms with Crippen molar-refractivity contribution in [3.63, 3.8) is 0 Å². The van der Waals surface area contributed by atoms with E-state index in [4.69, 9.17) is 21.7 Å². The minimum absolute atomic E-state index is 0.0434. The van der Waals surface area contributed by atoms with Crippen molar-refractivity contribution in [2.75, 3.05) is 11.5 Å². The first-order valence-electron chi connectivity index (χ1n) is 4.90. The summed E-state index contributed by atoms with van der Waals surface area (Å²) >= 11 is 1.08. The van der Waals surface area contributed by atoms with E-state index in [1.54, 1.807) is 0 Å². The molecule has 0 aliphatic carbocycles. The Labute approximate surface area is 103 Å². The van der Waals surface area contributed by atoms with Gasteiger partial charge < -0.3 is 21.7 Å². The number of hydrogen-bond donors (Lipinski definition) is 4. The molecule has 0 aliphatic rings. The van der Waals surface area contributed by atoms with Crippen LogP contribution in [0.25, 0.3) is 0 Å². The molecule has 98 valence electrons. The number of nitrogens with two attached hydrogens (primary N) is 2. The Morgan fingerprint density at radius 2 is 1.71 bits per heavy atom. The Hall–Kier alpha value is -1.12. The van der Waals surface area contributed by atoms with Gasteiger partial charge >= 0.3 is 11.9 Å². The fraction of sp³-hybridized carbons (Fsp3) is 0.667. The molecule has 0 aliphatic heterocycles. The summed E-state index contributed by atoms with van der Waals surface area (Å²) in [6, 6.07) is -1.83. The highest BCUT2D eigenvalue weighted by Crippen LogP contribution is 2.05. The van der Waals surface area contributed by atoms with E-state index in [9.17, 15) is 14.4 Å². The molecule has 0 amide bonds. The van der Waals surface area contributed by atoms with Crippen LogP contribution in [0.2, 0.25) is 0 Å². The summed E-state index contributed by atoms with van der Waals surface area (Å²) in [5.41, 5.74) is 10.7. The Balaban J connectivity index is 3.78. The lowest BCUT2D eigenvalue weighted by Crippen LogP contribution is -2.35. The van der Waals surface area contributed by atoms with Crippen LogP contribution < -0.4 is 11.5 Å². The molecule has 0 saturated heterocycles. The molecule has 0 radical (unpaired) electrons. The number of hydrogen-bond acceptors (Lipinski definition) is 6. The normalized spacial score (nSPS) is 14.0. The van der Waals surface area contributed by atoms with Gasteiger partial charge in [0.1, 0.15) is 6.04 Å². The largest absolute Gasteiger partial charge is 0.481 e. The van der Waals surface area contributed by atoms with Crippen LogP contribution in [0.15, 0.2) is 0 Å². The number of carbonyl (C=O) groups excluding carboxylic acids is 1. The van der Waals surface area contributed by atoms with E-state index in [0.29, 0.717) is 0 Å². The number of thioether (sulfide) groups is 1. The van der Waals surface area contributed by atoms with Crippen LogP contribution in [0, 0.1) is 0 Å². The van der Waals surface area contributed by atoms with Crippen LogP contribution >= 0.6 is 11.8 Å². The Morgan fingerprint density at radius 3 is 2.18 bits per heavy atom. The Kier molecular flexibility index (Phi) is 7.51. The van der Waals surface area contributed by atoms with Crippen LogP contribution in [0.5, 0.6) is 0 Å². The van der Waals surface area contributed by atoms with Gasteiger partial charge in [0.2, 0.25) is 0 Å². The average Bonchev–Trinajstić information content (AvgIpc) is 2.25. The molecule has 2 atom stereocenters. The summed E-state index contributed by atoms with van der Waals surface area (Å²) < 4.78 is 0. The zero-order valence-electron chi connectivity index (χ0n) is 9.17. The van der Waals surface area contributed by atoms with E-state index in [0.717, 1.165) is 11.8 Å². The number of Topliss-reactive ketones (excluding diaryl/α,β-unsaturated/α-hetero) is 1. The van der Waals surface area contributed by atoms with Crippen LogP contribution in [-0.2, 0) is 14.4 Å². The summed E-state index contributed by atoms with van der Waals surface area (Å²) in [5, 5.41) is 16.9. The molecule has 0 aromatic carbocycles. The van der Waals surface area contributed by atoms with Gasteiger partial charge in [0.05, 0.1) is 11.8 Å². The van der Waals surface area contributed by atoms with Gasteiger partial charge in [-0.1, -0.05) is 0 Å². The smallest absolute Gasteiger partial charge is 0.321 e. The monoisotopic (exact) mass is 264 g/mol. The number of rotatable bonds is 9. The number of carboxylic acid groups (broad SMARTS) is 2. The van der Waals surface area contributed by atoms with Gasteiger partial charge in [0, 0.05) is 12.2 Å². The van der Waals surface area contributed by atoms with Crippen molar-refractivity contribution in [2.24, 2.45) is 11.5 Å². The van der Waals surface area contributed by atoms with Crippen molar-refractivity contribution >= 4 is 29.5 Å². The number of carboxylic acids is 2. The molecule has 0 spiro atoms. The zero-order valence-corrected chi connectivity index (χ0v) is 9.98. The standard InChI is InChI=1S/C9H16N2O5S/c10-5(1-2-8(13)14)7(12)4-17-3-6(11)9(15)16/h5-6H,1-4,10-11H2,(H,13,14)(H,15,16). The Morgan fingerprint density at radius 1 is 1.12 bits per heavy atom. The van der Waals surface area contributed by atoms with Gasteiger partial charge in [-0.2, -0.15) is 11.8 Å². The van der Waals surface area contributed by atoms with Crippen LogP contribution in [0.3, 0.4) is 0 Å². The second kappa shape index (κ2) is 8.04. The molecule has 7 nitrogen and oxygen atoms in total. The quantitative estimate of drug-likeness (QED) is 0.410. The lowest BCUT2D eigenvalue weighted by atomic mass is 10.1. The molecule has 0 rings (SSSR count).